The number of aliphatic imine (C=N–C) groups is 1. The molecule has 3 aromatic rings. The predicted octanol–water partition coefficient (Wildman–Crippen LogP) is 4.13. The second-order valence-electron chi connectivity index (χ2n) is 11.2. The lowest BCUT2D eigenvalue weighted by molar-refractivity contribution is -0.123. The van der Waals surface area contributed by atoms with Gasteiger partial charge in [0.05, 0.1) is 22.9 Å². The molecular formula is C30H31ClN6O5S. The standard InChI is InChI=1S/C30H31ClN6O5S/c1-30(2,3)42-22-14-18(21(38)15-24(32)39)6-9-20(22)28-35-26(23-10-11-34-43-23)27(17-4-7-19(31)8-5-17)37(28)29(41)36-13-12-33-25(40)16-36/h4-11,14,26-27H,12-13,15-16H2,1-3H3,(H2,32,39)(H,33,40)/t26-,27+/m0/s1. The number of nitrogens with zero attached hydrogens (tertiary/aromatic N) is 4. The van der Waals surface area contributed by atoms with E-state index in [4.69, 9.17) is 27.1 Å². The van der Waals surface area contributed by atoms with E-state index in [-0.39, 0.29) is 18.0 Å². The van der Waals surface area contributed by atoms with Crippen molar-refractivity contribution < 1.29 is 23.9 Å². The van der Waals surface area contributed by atoms with E-state index in [2.05, 4.69) is 9.69 Å². The topological polar surface area (TPSA) is 147 Å². The molecule has 43 heavy (non-hydrogen) atoms. The molecule has 13 heteroatoms. The van der Waals surface area contributed by atoms with Crippen LogP contribution in [-0.4, -0.2) is 68.9 Å². The Balaban J connectivity index is 1.69. The smallest absolute Gasteiger partial charge is 0.326 e. The number of nitrogens with two attached hydrogens (primary N) is 1. The van der Waals surface area contributed by atoms with E-state index in [0.29, 0.717) is 35.3 Å². The zero-order valence-electron chi connectivity index (χ0n) is 23.9. The monoisotopic (exact) mass is 622 g/mol. The summed E-state index contributed by atoms with van der Waals surface area (Å²) in [6.45, 7) is 6.11. The Morgan fingerprint density at radius 3 is 2.51 bits per heavy atom. The predicted molar refractivity (Wildman–Crippen MR) is 162 cm³/mol. The molecule has 11 nitrogen and oxygen atoms in total. The number of primary amides is 1. The molecule has 224 valence electrons. The summed E-state index contributed by atoms with van der Waals surface area (Å²) in [4.78, 5) is 60.0. The van der Waals surface area contributed by atoms with Crippen molar-refractivity contribution in [1.29, 1.82) is 0 Å². The van der Waals surface area contributed by atoms with Gasteiger partial charge in [0.2, 0.25) is 11.8 Å². The van der Waals surface area contributed by atoms with Crippen LogP contribution in [0.5, 0.6) is 5.75 Å². The first-order valence-electron chi connectivity index (χ1n) is 13.6. The van der Waals surface area contributed by atoms with Gasteiger partial charge < -0.3 is 20.7 Å². The van der Waals surface area contributed by atoms with E-state index in [1.54, 1.807) is 41.4 Å². The summed E-state index contributed by atoms with van der Waals surface area (Å²) < 4.78 is 10.6. The van der Waals surface area contributed by atoms with E-state index in [1.807, 2.05) is 39.0 Å². The van der Waals surface area contributed by atoms with Gasteiger partial charge in [-0.05, 0) is 68.2 Å². The SMILES string of the molecule is CC(C)(C)Oc1cc(C(=O)CC(N)=O)ccc1C1=N[C@@H](c2ccns2)[C@@H](c2ccc(Cl)cc2)N1C(=O)N1CCNC(=O)C1. The number of benzene rings is 2. The highest BCUT2D eigenvalue weighted by Crippen LogP contribution is 2.46. The molecule has 5 rings (SSSR count). The van der Waals surface area contributed by atoms with Crippen LogP contribution in [0.25, 0.3) is 0 Å². The van der Waals surface area contributed by atoms with Crippen molar-refractivity contribution in [2.45, 2.75) is 44.9 Å². The maximum absolute atomic E-state index is 14.4. The van der Waals surface area contributed by atoms with Gasteiger partial charge in [0.15, 0.2) is 5.78 Å². The van der Waals surface area contributed by atoms with Crippen LogP contribution in [0.2, 0.25) is 5.02 Å². The number of nitrogens with one attached hydrogen (secondary N) is 1. The van der Waals surface area contributed by atoms with E-state index in [1.165, 1.54) is 16.4 Å². The zero-order valence-corrected chi connectivity index (χ0v) is 25.4. The number of aromatic nitrogens is 1. The molecular weight excluding hydrogens is 592 g/mol. The van der Waals surface area contributed by atoms with Gasteiger partial charge in [-0.1, -0.05) is 29.8 Å². The number of carbonyl (C=O) groups is 4. The van der Waals surface area contributed by atoms with Crippen molar-refractivity contribution in [2.24, 2.45) is 10.7 Å². The fourth-order valence-electron chi connectivity index (χ4n) is 5.04. The highest BCUT2D eigenvalue weighted by molar-refractivity contribution is 7.05. The van der Waals surface area contributed by atoms with Crippen molar-refractivity contribution >= 4 is 52.6 Å². The molecule has 0 aliphatic carbocycles. The van der Waals surface area contributed by atoms with E-state index >= 15 is 0 Å². The van der Waals surface area contributed by atoms with Gasteiger partial charge >= 0.3 is 6.03 Å². The molecule has 0 radical (unpaired) electrons. The largest absolute Gasteiger partial charge is 0.487 e. The Labute approximate surface area is 257 Å². The van der Waals surface area contributed by atoms with Gasteiger partial charge in [0.1, 0.15) is 29.8 Å². The number of carbonyl (C=O) groups excluding carboxylic acids is 4. The van der Waals surface area contributed by atoms with Crippen LogP contribution in [0.15, 0.2) is 59.7 Å². The first-order valence-corrected chi connectivity index (χ1v) is 14.8. The molecule has 1 saturated heterocycles. The van der Waals surface area contributed by atoms with Crippen LogP contribution < -0.4 is 15.8 Å². The fourth-order valence-corrected chi connectivity index (χ4v) is 5.83. The lowest BCUT2D eigenvalue weighted by Gasteiger charge is -2.36. The number of rotatable bonds is 7. The van der Waals surface area contributed by atoms with Crippen molar-refractivity contribution in [1.82, 2.24) is 19.5 Å². The molecule has 0 saturated carbocycles. The maximum Gasteiger partial charge on any atom is 0.326 e. The number of halogens is 1. The molecule has 3 N–H and O–H groups in total. The molecule has 2 aliphatic heterocycles. The van der Waals surface area contributed by atoms with Crippen LogP contribution in [0.4, 0.5) is 4.79 Å². The van der Waals surface area contributed by atoms with E-state index in [9.17, 15) is 19.2 Å². The summed E-state index contributed by atoms with van der Waals surface area (Å²) in [5.41, 5.74) is 6.07. The highest BCUT2D eigenvalue weighted by Gasteiger charge is 2.45. The van der Waals surface area contributed by atoms with Gasteiger partial charge in [-0.2, -0.15) is 0 Å². The third-order valence-corrected chi connectivity index (χ3v) is 7.91. The quantitative estimate of drug-likeness (QED) is 0.299. The average molecular weight is 623 g/mol. The summed E-state index contributed by atoms with van der Waals surface area (Å²) in [7, 11) is 0. The van der Waals surface area contributed by atoms with E-state index < -0.39 is 41.8 Å². The Bertz CT molecular complexity index is 1590. The summed E-state index contributed by atoms with van der Waals surface area (Å²) in [6, 6.07) is 12.3. The molecule has 2 aromatic carbocycles. The number of hydrogen-bond donors (Lipinski definition) is 2. The third kappa shape index (κ3) is 6.70. The minimum Gasteiger partial charge on any atom is -0.487 e. The molecule has 3 heterocycles. The third-order valence-electron chi connectivity index (χ3n) is 6.84. The van der Waals surface area contributed by atoms with Gasteiger partial charge in [-0.3, -0.25) is 24.3 Å². The summed E-state index contributed by atoms with van der Waals surface area (Å²) >= 11 is 7.50. The van der Waals surface area contributed by atoms with Gasteiger partial charge in [-0.25, -0.2) is 9.17 Å². The number of ether oxygens (including phenoxy) is 1. The second-order valence-corrected chi connectivity index (χ2v) is 12.5. The van der Waals surface area contributed by atoms with Crippen LogP contribution >= 0.6 is 23.1 Å². The summed E-state index contributed by atoms with van der Waals surface area (Å²) in [5, 5.41) is 3.30. The highest BCUT2D eigenvalue weighted by atomic mass is 35.5. The van der Waals surface area contributed by atoms with Crippen LogP contribution in [0, 0.1) is 0 Å². The number of Topliss-reactive ketones (excluding diaryl/α,β-unsaturated/α-hetero) is 1. The van der Waals surface area contributed by atoms with E-state index in [0.717, 1.165) is 10.4 Å². The van der Waals surface area contributed by atoms with Crippen LogP contribution in [0.1, 0.15) is 65.6 Å². The van der Waals surface area contributed by atoms with Crippen LogP contribution in [0.3, 0.4) is 0 Å². The number of hydrogen-bond acceptors (Lipinski definition) is 8. The number of ketones is 1. The Morgan fingerprint density at radius 1 is 1.14 bits per heavy atom. The van der Waals surface area contributed by atoms with Crippen molar-refractivity contribution in [3.8, 4) is 5.75 Å². The van der Waals surface area contributed by atoms with Crippen molar-refractivity contribution in [2.75, 3.05) is 19.6 Å². The van der Waals surface area contributed by atoms with Gasteiger partial charge in [0.25, 0.3) is 0 Å². The normalized spacial score (nSPS) is 18.7. The molecule has 4 amide bonds. The molecule has 1 fully saturated rings. The molecule has 0 spiro atoms. The first kappa shape index (κ1) is 30.2. The number of piperazine rings is 1. The summed E-state index contributed by atoms with van der Waals surface area (Å²) in [6.07, 6.45) is 1.23. The molecule has 2 atom stereocenters. The van der Waals surface area contributed by atoms with Crippen molar-refractivity contribution in [3.63, 3.8) is 0 Å². The zero-order chi connectivity index (χ0) is 30.9. The lowest BCUT2D eigenvalue weighted by Crippen LogP contribution is -2.55. The van der Waals surface area contributed by atoms with Crippen molar-refractivity contribution in [3.05, 3.63) is 81.3 Å². The Kier molecular flexibility index (Phi) is 8.52. The molecule has 1 aromatic heterocycles. The summed E-state index contributed by atoms with van der Waals surface area (Å²) in [5.74, 6) is -0.848. The first-order chi connectivity index (χ1) is 20.4. The molecule has 0 bridgehead atoms. The Hall–Kier alpha value is -4.29. The average Bonchev–Trinajstić information content (AvgIpc) is 3.60. The fraction of sp³-hybridized carbons (Fsp3) is 0.333. The maximum atomic E-state index is 14.4. The van der Waals surface area contributed by atoms with Crippen LogP contribution in [-0.2, 0) is 9.59 Å². The van der Waals surface area contributed by atoms with Gasteiger partial charge in [-0.15, -0.1) is 0 Å². The number of amides is 4. The lowest BCUT2D eigenvalue weighted by atomic mass is 9.97. The molecule has 2 aliphatic rings. The number of urea groups is 1. The second kappa shape index (κ2) is 12.1. The Morgan fingerprint density at radius 2 is 1.88 bits per heavy atom. The minimum absolute atomic E-state index is 0.104. The number of amidine groups is 1. The van der Waals surface area contributed by atoms with Gasteiger partial charge in [0, 0.05) is 29.9 Å². The molecule has 0 unspecified atom stereocenters. The minimum atomic E-state index is -0.743.